The van der Waals surface area contributed by atoms with Gasteiger partial charge in [0.2, 0.25) is 0 Å². The summed E-state index contributed by atoms with van der Waals surface area (Å²) in [5.74, 6) is 0.407. The molecule has 0 aromatic heterocycles. The van der Waals surface area contributed by atoms with Crippen molar-refractivity contribution >= 4 is 17.5 Å². The van der Waals surface area contributed by atoms with Gasteiger partial charge in [0.05, 0.1) is 11.6 Å². The second kappa shape index (κ2) is 8.24. The lowest BCUT2D eigenvalue weighted by Gasteiger charge is -2.09. The normalized spacial score (nSPS) is 10.1. The van der Waals surface area contributed by atoms with Gasteiger partial charge in [0, 0.05) is 0 Å². The van der Waals surface area contributed by atoms with E-state index in [0.29, 0.717) is 23.1 Å². The number of amides is 1. The van der Waals surface area contributed by atoms with Gasteiger partial charge < -0.3 is 14.8 Å². The minimum atomic E-state index is -0.322. The first-order chi connectivity index (χ1) is 10.6. The number of para-hydroxylation sites is 1. The van der Waals surface area contributed by atoms with Crippen LogP contribution in [0.4, 0.5) is 4.39 Å². The van der Waals surface area contributed by atoms with Crippen molar-refractivity contribution < 1.29 is 18.7 Å². The van der Waals surface area contributed by atoms with E-state index in [9.17, 15) is 9.18 Å². The van der Waals surface area contributed by atoms with Gasteiger partial charge in [0.15, 0.2) is 6.61 Å². The van der Waals surface area contributed by atoms with Crippen molar-refractivity contribution in [3.63, 3.8) is 0 Å². The largest absolute Gasteiger partial charge is 0.492 e. The van der Waals surface area contributed by atoms with E-state index in [1.807, 2.05) is 0 Å². The van der Waals surface area contributed by atoms with Crippen LogP contribution < -0.4 is 14.8 Å². The van der Waals surface area contributed by atoms with Crippen molar-refractivity contribution in [1.29, 1.82) is 0 Å². The van der Waals surface area contributed by atoms with Gasteiger partial charge in [-0.2, -0.15) is 0 Å². The Labute approximate surface area is 132 Å². The zero-order chi connectivity index (χ0) is 15.8. The topological polar surface area (TPSA) is 47.6 Å². The van der Waals surface area contributed by atoms with Gasteiger partial charge in [0.1, 0.15) is 23.9 Å². The monoisotopic (exact) mass is 323 g/mol. The Morgan fingerprint density at radius 1 is 1.09 bits per heavy atom. The first-order valence-electron chi connectivity index (χ1n) is 6.67. The maximum Gasteiger partial charge on any atom is 0.258 e. The summed E-state index contributed by atoms with van der Waals surface area (Å²) in [5, 5.41) is 3.10. The third kappa shape index (κ3) is 5.26. The van der Waals surface area contributed by atoms with Gasteiger partial charge in [-0.1, -0.05) is 23.7 Å². The third-order valence-electron chi connectivity index (χ3n) is 2.70. The summed E-state index contributed by atoms with van der Waals surface area (Å²) < 4.78 is 23.3. The maximum absolute atomic E-state index is 12.7. The molecule has 0 aliphatic rings. The number of halogens is 2. The fraction of sp³-hybridized carbons (Fsp3) is 0.188. The van der Waals surface area contributed by atoms with Crippen LogP contribution in [0.25, 0.3) is 0 Å². The zero-order valence-corrected chi connectivity index (χ0v) is 12.5. The van der Waals surface area contributed by atoms with E-state index in [2.05, 4.69) is 5.32 Å². The van der Waals surface area contributed by atoms with E-state index in [1.54, 1.807) is 24.3 Å². The molecule has 2 rings (SSSR count). The zero-order valence-electron chi connectivity index (χ0n) is 11.7. The summed E-state index contributed by atoms with van der Waals surface area (Å²) in [6, 6.07) is 12.6. The smallest absolute Gasteiger partial charge is 0.258 e. The van der Waals surface area contributed by atoms with E-state index in [4.69, 9.17) is 21.1 Å². The number of nitrogens with one attached hydrogen (secondary N) is 1. The molecule has 6 heteroatoms. The van der Waals surface area contributed by atoms with Crippen LogP contribution in [0, 0.1) is 5.82 Å². The lowest BCUT2D eigenvalue weighted by Crippen LogP contribution is -2.32. The minimum Gasteiger partial charge on any atom is -0.492 e. The average Bonchev–Trinajstić information content (AvgIpc) is 2.52. The average molecular weight is 324 g/mol. The molecule has 4 nitrogen and oxygen atoms in total. The predicted molar refractivity (Wildman–Crippen MR) is 81.9 cm³/mol. The predicted octanol–water partition coefficient (Wildman–Crippen LogP) is 3.05. The number of ether oxygens (including phenoxy) is 2. The molecule has 0 radical (unpaired) electrons. The molecule has 2 aromatic rings. The van der Waals surface area contributed by atoms with E-state index in [0.717, 1.165) is 0 Å². The van der Waals surface area contributed by atoms with Crippen molar-refractivity contribution in [2.24, 2.45) is 0 Å². The van der Waals surface area contributed by atoms with Crippen molar-refractivity contribution in [1.82, 2.24) is 5.32 Å². The number of rotatable bonds is 7. The Hall–Kier alpha value is -2.27. The van der Waals surface area contributed by atoms with Crippen molar-refractivity contribution in [2.45, 2.75) is 0 Å². The number of carbonyl (C=O) groups is 1. The fourth-order valence-corrected chi connectivity index (χ4v) is 1.84. The summed E-state index contributed by atoms with van der Waals surface area (Å²) in [5.41, 5.74) is 0. The molecule has 0 aliphatic carbocycles. The molecule has 2 aromatic carbocycles. The molecule has 22 heavy (non-hydrogen) atoms. The molecule has 0 spiro atoms. The molecule has 0 fully saturated rings. The highest BCUT2D eigenvalue weighted by Crippen LogP contribution is 2.22. The summed E-state index contributed by atoms with van der Waals surface area (Å²) >= 11 is 5.91. The molecule has 0 atom stereocenters. The van der Waals surface area contributed by atoms with Crippen LogP contribution >= 0.6 is 11.6 Å². The molecule has 0 saturated carbocycles. The highest BCUT2D eigenvalue weighted by atomic mass is 35.5. The first kappa shape index (κ1) is 16.1. The van der Waals surface area contributed by atoms with E-state index in [1.165, 1.54) is 24.3 Å². The highest BCUT2D eigenvalue weighted by Gasteiger charge is 2.05. The second-order valence-electron chi connectivity index (χ2n) is 4.37. The van der Waals surface area contributed by atoms with Crippen LogP contribution in [-0.4, -0.2) is 25.7 Å². The number of hydrogen-bond acceptors (Lipinski definition) is 3. The third-order valence-corrected chi connectivity index (χ3v) is 3.01. The van der Waals surface area contributed by atoms with Gasteiger partial charge >= 0.3 is 0 Å². The van der Waals surface area contributed by atoms with Crippen LogP contribution in [0.15, 0.2) is 48.5 Å². The van der Waals surface area contributed by atoms with Crippen LogP contribution in [0.3, 0.4) is 0 Å². The Kier molecular flexibility index (Phi) is 6.03. The second-order valence-corrected chi connectivity index (χ2v) is 4.78. The minimum absolute atomic E-state index is 0.125. The molecular weight excluding hydrogens is 309 g/mol. The molecule has 0 saturated heterocycles. The van der Waals surface area contributed by atoms with Crippen molar-refractivity contribution in [2.75, 3.05) is 19.8 Å². The lowest BCUT2D eigenvalue weighted by molar-refractivity contribution is -0.123. The Morgan fingerprint density at radius 3 is 2.55 bits per heavy atom. The SMILES string of the molecule is O=C(COc1ccccc1Cl)NCCOc1ccc(F)cc1. The fourth-order valence-electron chi connectivity index (χ4n) is 1.65. The molecule has 0 heterocycles. The number of hydrogen-bond donors (Lipinski definition) is 1. The molecular formula is C16H15ClFNO3. The first-order valence-corrected chi connectivity index (χ1v) is 7.05. The summed E-state index contributed by atoms with van der Waals surface area (Å²) in [6.45, 7) is 0.478. The Bertz CT molecular complexity index is 619. The number of benzene rings is 2. The molecule has 0 unspecified atom stereocenters. The Morgan fingerprint density at radius 2 is 1.82 bits per heavy atom. The van der Waals surface area contributed by atoms with Crippen LogP contribution in [0.2, 0.25) is 5.02 Å². The highest BCUT2D eigenvalue weighted by molar-refractivity contribution is 6.32. The lowest BCUT2D eigenvalue weighted by atomic mass is 10.3. The summed E-state index contributed by atoms with van der Waals surface area (Å²) in [7, 11) is 0. The maximum atomic E-state index is 12.7. The summed E-state index contributed by atoms with van der Waals surface area (Å²) in [4.78, 5) is 11.6. The van der Waals surface area contributed by atoms with Gasteiger partial charge in [0.25, 0.3) is 5.91 Å². The molecule has 116 valence electrons. The van der Waals surface area contributed by atoms with E-state index < -0.39 is 0 Å². The van der Waals surface area contributed by atoms with Crippen molar-refractivity contribution in [3.05, 3.63) is 59.4 Å². The van der Waals surface area contributed by atoms with Gasteiger partial charge in [-0.15, -0.1) is 0 Å². The van der Waals surface area contributed by atoms with Crippen LogP contribution in [-0.2, 0) is 4.79 Å². The summed E-state index contributed by atoms with van der Waals surface area (Å²) in [6.07, 6.45) is 0. The van der Waals surface area contributed by atoms with Crippen LogP contribution in [0.1, 0.15) is 0 Å². The van der Waals surface area contributed by atoms with E-state index in [-0.39, 0.29) is 24.9 Å². The van der Waals surface area contributed by atoms with Crippen LogP contribution in [0.5, 0.6) is 11.5 Å². The standard InChI is InChI=1S/C16H15ClFNO3/c17-14-3-1-2-4-15(14)22-11-16(20)19-9-10-21-13-7-5-12(18)6-8-13/h1-8H,9-11H2,(H,19,20). The van der Waals surface area contributed by atoms with Gasteiger partial charge in [-0.25, -0.2) is 4.39 Å². The molecule has 1 N–H and O–H groups in total. The quantitative estimate of drug-likeness (QED) is 0.797. The molecule has 0 aliphatic heterocycles. The molecule has 0 bridgehead atoms. The Balaban J connectivity index is 1.64. The molecule has 1 amide bonds. The van der Waals surface area contributed by atoms with E-state index >= 15 is 0 Å². The van der Waals surface area contributed by atoms with Gasteiger partial charge in [-0.05, 0) is 36.4 Å². The van der Waals surface area contributed by atoms with Gasteiger partial charge in [-0.3, -0.25) is 4.79 Å². The number of carbonyl (C=O) groups excluding carboxylic acids is 1. The van der Waals surface area contributed by atoms with Crippen molar-refractivity contribution in [3.8, 4) is 11.5 Å².